The van der Waals surface area contributed by atoms with Crippen molar-refractivity contribution in [3.63, 3.8) is 0 Å². The molecule has 0 bridgehead atoms. The summed E-state index contributed by atoms with van der Waals surface area (Å²) in [6.07, 6.45) is 9.77. The molecule has 1 aliphatic carbocycles. The van der Waals surface area contributed by atoms with Crippen LogP contribution in [0.1, 0.15) is 46.5 Å². The molecule has 1 saturated carbocycles. The van der Waals surface area contributed by atoms with Gasteiger partial charge in [-0.15, -0.1) is 0 Å². The van der Waals surface area contributed by atoms with Gasteiger partial charge in [-0.2, -0.15) is 0 Å². The molecule has 2 heterocycles. The molecule has 1 spiro atoms. The van der Waals surface area contributed by atoms with E-state index in [2.05, 4.69) is 33.3 Å². The van der Waals surface area contributed by atoms with Crippen molar-refractivity contribution in [1.82, 2.24) is 0 Å². The van der Waals surface area contributed by atoms with Gasteiger partial charge in [-0.1, -0.05) is 11.6 Å². The maximum atomic E-state index is 6.03. The third-order valence-corrected chi connectivity index (χ3v) is 4.73. The number of rotatable bonds is 3. The first-order valence-corrected chi connectivity index (χ1v) is 6.84. The Morgan fingerprint density at radius 1 is 1.47 bits per heavy atom. The SMILES string of the molecule is CC(C)=CC[C@H]1O[C@]1(C)C1C[CH]CCC12CO2. The molecule has 17 heavy (non-hydrogen) atoms. The van der Waals surface area contributed by atoms with Crippen molar-refractivity contribution < 1.29 is 9.47 Å². The van der Waals surface area contributed by atoms with Crippen molar-refractivity contribution in [2.45, 2.75) is 63.8 Å². The Bertz CT molecular complexity index is 339. The predicted octanol–water partition coefficient (Wildman–Crippen LogP) is 3.27. The highest BCUT2D eigenvalue weighted by molar-refractivity contribution is 5.18. The number of hydrogen-bond acceptors (Lipinski definition) is 2. The second kappa shape index (κ2) is 3.83. The molecular weight excluding hydrogens is 212 g/mol. The van der Waals surface area contributed by atoms with Crippen LogP contribution in [0.2, 0.25) is 0 Å². The summed E-state index contributed by atoms with van der Waals surface area (Å²) in [6, 6.07) is 0. The van der Waals surface area contributed by atoms with Crippen LogP contribution in [0.15, 0.2) is 11.6 Å². The molecular formula is C15H23O2. The van der Waals surface area contributed by atoms with Gasteiger partial charge in [-0.3, -0.25) is 0 Å². The van der Waals surface area contributed by atoms with Gasteiger partial charge in [0.1, 0.15) is 0 Å². The average Bonchev–Trinajstić information content (AvgIpc) is 3.17. The molecule has 0 aromatic heterocycles. The summed E-state index contributed by atoms with van der Waals surface area (Å²) in [6.45, 7) is 7.54. The first-order valence-electron chi connectivity index (χ1n) is 6.84. The van der Waals surface area contributed by atoms with Crippen molar-refractivity contribution in [1.29, 1.82) is 0 Å². The molecule has 0 amide bonds. The van der Waals surface area contributed by atoms with Crippen LogP contribution in [0.25, 0.3) is 0 Å². The van der Waals surface area contributed by atoms with Gasteiger partial charge in [0.05, 0.1) is 23.9 Å². The minimum atomic E-state index is 0.0688. The van der Waals surface area contributed by atoms with Gasteiger partial charge >= 0.3 is 0 Å². The normalized spacial score (nSPS) is 47.9. The fourth-order valence-corrected chi connectivity index (χ4v) is 3.42. The zero-order chi connectivity index (χ0) is 12.1. The maximum absolute atomic E-state index is 6.03. The summed E-state index contributed by atoms with van der Waals surface area (Å²) < 4.78 is 11.8. The van der Waals surface area contributed by atoms with Crippen LogP contribution in [-0.4, -0.2) is 23.9 Å². The monoisotopic (exact) mass is 235 g/mol. The Kier molecular flexibility index (Phi) is 2.64. The van der Waals surface area contributed by atoms with E-state index in [9.17, 15) is 0 Å². The van der Waals surface area contributed by atoms with Crippen molar-refractivity contribution in [2.24, 2.45) is 5.92 Å². The molecule has 3 rings (SSSR count). The van der Waals surface area contributed by atoms with E-state index < -0.39 is 0 Å². The highest BCUT2D eigenvalue weighted by Crippen LogP contribution is 2.58. The molecule has 3 fully saturated rings. The first kappa shape index (κ1) is 11.7. The molecule has 4 atom stereocenters. The Labute approximate surface area is 104 Å². The van der Waals surface area contributed by atoms with Gasteiger partial charge in [0.2, 0.25) is 0 Å². The highest BCUT2D eigenvalue weighted by atomic mass is 16.6. The number of ether oxygens (including phenoxy) is 2. The summed E-state index contributed by atoms with van der Waals surface area (Å²) in [5.41, 5.74) is 1.64. The van der Waals surface area contributed by atoms with E-state index in [4.69, 9.17) is 9.47 Å². The third-order valence-electron chi connectivity index (χ3n) is 4.73. The van der Waals surface area contributed by atoms with Crippen molar-refractivity contribution in [2.75, 3.05) is 6.61 Å². The lowest BCUT2D eigenvalue weighted by Gasteiger charge is -2.32. The Morgan fingerprint density at radius 2 is 2.24 bits per heavy atom. The van der Waals surface area contributed by atoms with Gasteiger partial charge < -0.3 is 9.47 Å². The minimum absolute atomic E-state index is 0.0688. The van der Waals surface area contributed by atoms with Gasteiger partial charge in [-0.25, -0.2) is 0 Å². The number of epoxide rings is 2. The second-order valence-corrected chi connectivity index (χ2v) is 6.28. The fraction of sp³-hybridized carbons (Fsp3) is 0.800. The van der Waals surface area contributed by atoms with Crippen LogP contribution in [0.3, 0.4) is 0 Å². The van der Waals surface area contributed by atoms with Crippen molar-refractivity contribution >= 4 is 0 Å². The molecule has 2 heteroatoms. The number of allylic oxidation sites excluding steroid dienone is 1. The van der Waals surface area contributed by atoms with Crippen LogP contribution < -0.4 is 0 Å². The van der Waals surface area contributed by atoms with Gasteiger partial charge in [0, 0.05) is 5.92 Å². The lowest BCUT2D eigenvalue weighted by atomic mass is 9.71. The lowest BCUT2D eigenvalue weighted by Crippen LogP contribution is -2.39. The predicted molar refractivity (Wildman–Crippen MR) is 67.7 cm³/mol. The second-order valence-electron chi connectivity index (χ2n) is 6.28. The molecule has 1 radical (unpaired) electrons. The maximum Gasteiger partial charge on any atom is 0.0980 e. The Balaban J connectivity index is 1.66. The van der Waals surface area contributed by atoms with E-state index in [1.165, 1.54) is 24.8 Å². The molecule has 2 nitrogen and oxygen atoms in total. The Hall–Kier alpha value is -0.340. The molecule has 95 valence electrons. The molecule has 0 N–H and O–H groups in total. The quantitative estimate of drug-likeness (QED) is 0.554. The zero-order valence-electron chi connectivity index (χ0n) is 11.2. The van der Waals surface area contributed by atoms with E-state index in [-0.39, 0.29) is 11.2 Å². The van der Waals surface area contributed by atoms with E-state index in [0.29, 0.717) is 12.0 Å². The summed E-state index contributed by atoms with van der Waals surface area (Å²) in [4.78, 5) is 0. The van der Waals surface area contributed by atoms with E-state index >= 15 is 0 Å². The molecule has 2 saturated heterocycles. The molecule has 2 aliphatic heterocycles. The van der Waals surface area contributed by atoms with Gasteiger partial charge in [0.15, 0.2) is 0 Å². The standard InChI is InChI=1S/C15H23O2/c1-11(2)7-8-13-14(3,17-13)12-6-4-5-9-15(12)10-16-15/h4,7,12-13H,5-6,8-10H2,1-3H3/t12?,13-,14-,15?/m1/s1. The zero-order valence-corrected chi connectivity index (χ0v) is 11.2. The van der Waals surface area contributed by atoms with E-state index in [1.54, 1.807) is 0 Å². The number of hydrogen-bond donors (Lipinski definition) is 0. The molecule has 2 unspecified atom stereocenters. The van der Waals surface area contributed by atoms with Gasteiger partial charge in [0.25, 0.3) is 0 Å². The topological polar surface area (TPSA) is 25.1 Å². The van der Waals surface area contributed by atoms with Crippen LogP contribution in [0, 0.1) is 12.3 Å². The first-order chi connectivity index (χ1) is 8.07. The summed E-state index contributed by atoms with van der Waals surface area (Å²) in [5.74, 6) is 0.583. The summed E-state index contributed by atoms with van der Waals surface area (Å²) >= 11 is 0. The lowest BCUT2D eigenvalue weighted by molar-refractivity contribution is 0.105. The van der Waals surface area contributed by atoms with Crippen LogP contribution >= 0.6 is 0 Å². The smallest absolute Gasteiger partial charge is 0.0980 e. The largest absolute Gasteiger partial charge is 0.369 e. The molecule has 0 aromatic rings. The van der Waals surface area contributed by atoms with E-state index in [1.807, 2.05) is 0 Å². The minimum Gasteiger partial charge on any atom is -0.369 e. The highest BCUT2D eigenvalue weighted by Gasteiger charge is 2.67. The third kappa shape index (κ3) is 1.96. The molecule has 3 aliphatic rings. The Morgan fingerprint density at radius 3 is 2.88 bits per heavy atom. The molecule has 0 aromatic carbocycles. The summed E-state index contributed by atoms with van der Waals surface area (Å²) in [7, 11) is 0. The van der Waals surface area contributed by atoms with Gasteiger partial charge in [-0.05, 0) is 52.9 Å². The van der Waals surface area contributed by atoms with E-state index in [0.717, 1.165) is 13.0 Å². The van der Waals surface area contributed by atoms with Crippen LogP contribution in [-0.2, 0) is 9.47 Å². The van der Waals surface area contributed by atoms with Crippen molar-refractivity contribution in [3.05, 3.63) is 18.1 Å². The van der Waals surface area contributed by atoms with Crippen LogP contribution in [0.5, 0.6) is 0 Å². The van der Waals surface area contributed by atoms with Crippen LogP contribution in [0.4, 0.5) is 0 Å². The van der Waals surface area contributed by atoms with Crippen molar-refractivity contribution in [3.8, 4) is 0 Å². The average molecular weight is 235 g/mol. The fourth-order valence-electron chi connectivity index (χ4n) is 3.42. The summed E-state index contributed by atoms with van der Waals surface area (Å²) in [5, 5.41) is 0.